The number of rotatable bonds is 2. The number of hydrogen-bond donors (Lipinski definition) is 0. The molecule has 5 nitrogen and oxygen atoms in total. The van der Waals surface area contributed by atoms with Crippen molar-refractivity contribution >= 4 is 11.7 Å². The number of carbonyl (C=O) groups is 1. The van der Waals surface area contributed by atoms with Gasteiger partial charge in [0, 0.05) is 35.9 Å². The molecular formula is C20H21N3O2. The van der Waals surface area contributed by atoms with Gasteiger partial charge in [0.2, 0.25) is 0 Å². The first-order valence-electron chi connectivity index (χ1n) is 8.17. The molecule has 1 amide bonds. The zero-order chi connectivity index (χ0) is 17.9. The number of hydrogen-bond acceptors (Lipinski definition) is 4. The van der Waals surface area contributed by atoms with Crippen LogP contribution in [-0.2, 0) is 4.74 Å². The van der Waals surface area contributed by atoms with E-state index in [1.807, 2.05) is 57.2 Å². The fraction of sp³-hybridized carbons (Fsp3) is 0.250. The van der Waals surface area contributed by atoms with Crippen LogP contribution in [0.4, 0.5) is 4.79 Å². The van der Waals surface area contributed by atoms with E-state index in [-0.39, 0.29) is 6.09 Å². The molecule has 0 saturated heterocycles. The first-order chi connectivity index (χ1) is 11.9. The fourth-order valence-electron chi connectivity index (χ4n) is 2.57. The largest absolute Gasteiger partial charge is 0.443 e. The first kappa shape index (κ1) is 16.9. The summed E-state index contributed by atoms with van der Waals surface area (Å²) in [6, 6.07) is 7.76. The summed E-state index contributed by atoms with van der Waals surface area (Å²) in [5.41, 5.74) is 3.24. The molecule has 1 aliphatic rings. The molecule has 0 fully saturated rings. The second-order valence-corrected chi connectivity index (χ2v) is 6.78. The maximum atomic E-state index is 12.3. The van der Waals surface area contributed by atoms with Crippen LogP contribution in [0.15, 0.2) is 61.2 Å². The zero-order valence-corrected chi connectivity index (χ0v) is 14.6. The maximum Gasteiger partial charge on any atom is 0.414 e. The lowest BCUT2D eigenvalue weighted by atomic mass is 9.98. The summed E-state index contributed by atoms with van der Waals surface area (Å²) in [5, 5.41) is 0. The Morgan fingerprint density at radius 2 is 2.00 bits per heavy atom. The number of amides is 1. The smallest absolute Gasteiger partial charge is 0.414 e. The third-order valence-electron chi connectivity index (χ3n) is 3.62. The minimum Gasteiger partial charge on any atom is -0.443 e. The van der Waals surface area contributed by atoms with Crippen molar-refractivity contribution < 1.29 is 9.53 Å². The zero-order valence-electron chi connectivity index (χ0n) is 14.6. The monoisotopic (exact) mass is 335 g/mol. The summed E-state index contributed by atoms with van der Waals surface area (Å²) in [4.78, 5) is 22.6. The van der Waals surface area contributed by atoms with Gasteiger partial charge in [-0.3, -0.25) is 14.9 Å². The van der Waals surface area contributed by atoms with Crippen LogP contribution in [0.5, 0.6) is 0 Å². The molecule has 0 spiro atoms. The summed E-state index contributed by atoms with van der Waals surface area (Å²) in [5.74, 6) is 0. The van der Waals surface area contributed by atoms with Gasteiger partial charge in [-0.05, 0) is 50.6 Å². The molecule has 3 heterocycles. The Hall–Kier alpha value is -2.95. The van der Waals surface area contributed by atoms with Crippen LogP contribution >= 0.6 is 0 Å². The van der Waals surface area contributed by atoms with E-state index < -0.39 is 5.60 Å². The second kappa shape index (κ2) is 6.89. The summed E-state index contributed by atoms with van der Waals surface area (Å²) in [6.07, 6.45) is 10.5. The second-order valence-electron chi connectivity index (χ2n) is 6.78. The van der Waals surface area contributed by atoms with E-state index in [0.29, 0.717) is 6.54 Å². The Labute approximate surface area is 147 Å². The quantitative estimate of drug-likeness (QED) is 0.821. The molecule has 3 rings (SSSR count). The molecule has 128 valence electrons. The molecule has 0 aliphatic carbocycles. The van der Waals surface area contributed by atoms with Gasteiger partial charge >= 0.3 is 6.09 Å². The predicted octanol–water partition coefficient (Wildman–Crippen LogP) is 4.29. The first-order valence-corrected chi connectivity index (χ1v) is 8.17. The Balaban J connectivity index is 1.88. The molecule has 2 aromatic rings. The van der Waals surface area contributed by atoms with Crippen LogP contribution < -0.4 is 0 Å². The summed E-state index contributed by atoms with van der Waals surface area (Å²) < 4.78 is 5.46. The topological polar surface area (TPSA) is 55.3 Å². The van der Waals surface area contributed by atoms with Gasteiger partial charge in [-0.25, -0.2) is 4.79 Å². The molecule has 0 saturated carbocycles. The highest BCUT2D eigenvalue weighted by molar-refractivity contribution is 5.83. The minimum atomic E-state index is -0.526. The normalized spacial score (nSPS) is 14.2. The van der Waals surface area contributed by atoms with Crippen LogP contribution in [-0.4, -0.2) is 33.1 Å². The molecule has 0 bridgehead atoms. The Bertz CT molecular complexity index is 820. The van der Waals surface area contributed by atoms with Crippen LogP contribution in [0.1, 0.15) is 26.3 Å². The minimum absolute atomic E-state index is 0.360. The Morgan fingerprint density at radius 1 is 1.20 bits per heavy atom. The molecule has 0 atom stereocenters. The standard InChI is InChI=1S/C20H21N3O2/c1-20(2,3)25-19(24)23-12-6-8-16(14-23)17-9-5-11-22-18(17)15-7-4-10-21-13-15/h4-13H,14H2,1-3H3. The third kappa shape index (κ3) is 4.12. The SMILES string of the molecule is CC(C)(C)OC(=O)N1C=CC=C(c2cccnc2-c2cccnc2)C1. The van der Waals surface area contributed by atoms with Crippen molar-refractivity contribution in [2.24, 2.45) is 0 Å². The van der Waals surface area contributed by atoms with Gasteiger partial charge in [-0.15, -0.1) is 0 Å². The number of aromatic nitrogens is 2. The van der Waals surface area contributed by atoms with E-state index in [9.17, 15) is 4.79 Å². The highest BCUT2D eigenvalue weighted by atomic mass is 16.6. The van der Waals surface area contributed by atoms with E-state index in [4.69, 9.17) is 4.74 Å². The molecule has 2 aromatic heterocycles. The van der Waals surface area contributed by atoms with Crippen LogP contribution in [0.3, 0.4) is 0 Å². The number of pyridine rings is 2. The van der Waals surface area contributed by atoms with Gasteiger partial charge in [-0.1, -0.05) is 12.1 Å². The van der Waals surface area contributed by atoms with E-state index in [2.05, 4.69) is 9.97 Å². The lowest BCUT2D eigenvalue weighted by molar-refractivity contribution is 0.0353. The summed E-state index contributed by atoms with van der Waals surface area (Å²) in [7, 11) is 0. The Kier molecular flexibility index (Phi) is 4.65. The summed E-state index contributed by atoms with van der Waals surface area (Å²) in [6.45, 7) is 6.01. The predicted molar refractivity (Wildman–Crippen MR) is 97.5 cm³/mol. The van der Waals surface area contributed by atoms with Crippen molar-refractivity contribution in [2.75, 3.05) is 6.54 Å². The van der Waals surface area contributed by atoms with E-state index in [1.54, 1.807) is 29.7 Å². The van der Waals surface area contributed by atoms with Crippen molar-refractivity contribution in [2.45, 2.75) is 26.4 Å². The highest BCUT2D eigenvalue weighted by Gasteiger charge is 2.23. The average Bonchev–Trinajstić information content (AvgIpc) is 2.61. The maximum absolute atomic E-state index is 12.3. The van der Waals surface area contributed by atoms with Crippen molar-refractivity contribution in [3.63, 3.8) is 0 Å². The molecule has 25 heavy (non-hydrogen) atoms. The molecular weight excluding hydrogens is 314 g/mol. The molecule has 0 aromatic carbocycles. The molecule has 0 unspecified atom stereocenters. The van der Waals surface area contributed by atoms with Gasteiger partial charge in [-0.2, -0.15) is 0 Å². The molecule has 0 radical (unpaired) electrons. The average molecular weight is 335 g/mol. The van der Waals surface area contributed by atoms with Crippen LogP contribution in [0, 0.1) is 0 Å². The van der Waals surface area contributed by atoms with Gasteiger partial charge < -0.3 is 4.74 Å². The number of nitrogens with zero attached hydrogens (tertiary/aromatic N) is 3. The number of ether oxygens (including phenoxy) is 1. The van der Waals surface area contributed by atoms with Crippen molar-refractivity contribution in [3.05, 3.63) is 66.8 Å². The Morgan fingerprint density at radius 3 is 2.72 bits per heavy atom. The number of carbonyl (C=O) groups excluding carboxylic acids is 1. The summed E-state index contributed by atoms with van der Waals surface area (Å²) >= 11 is 0. The van der Waals surface area contributed by atoms with Crippen molar-refractivity contribution in [1.82, 2.24) is 14.9 Å². The van der Waals surface area contributed by atoms with E-state index in [1.165, 1.54) is 0 Å². The van der Waals surface area contributed by atoms with E-state index in [0.717, 1.165) is 22.4 Å². The van der Waals surface area contributed by atoms with Gasteiger partial charge in [0.25, 0.3) is 0 Å². The fourth-order valence-corrected chi connectivity index (χ4v) is 2.57. The van der Waals surface area contributed by atoms with Crippen molar-refractivity contribution in [1.29, 1.82) is 0 Å². The van der Waals surface area contributed by atoms with E-state index >= 15 is 0 Å². The lowest BCUT2D eigenvalue weighted by Gasteiger charge is -2.27. The van der Waals surface area contributed by atoms with Gasteiger partial charge in [0.15, 0.2) is 0 Å². The van der Waals surface area contributed by atoms with Crippen LogP contribution in [0.25, 0.3) is 16.8 Å². The lowest BCUT2D eigenvalue weighted by Crippen LogP contribution is -2.35. The molecule has 5 heteroatoms. The van der Waals surface area contributed by atoms with Gasteiger partial charge in [0.05, 0.1) is 12.2 Å². The third-order valence-corrected chi connectivity index (χ3v) is 3.62. The molecule has 0 N–H and O–H groups in total. The highest BCUT2D eigenvalue weighted by Crippen LogP contribution is 2.29. The van der Waals surface area contributed by atoms with Crippen LogP contribution in [0.2, 0.25) is 0 Å². The number of allylic oxidation sites excluding steroid dienone is 2. The van der Waals surface area contributed by atoms with Gasteiger partial charge in [0.1, 0.15) is 5.60 Å². The molecule has 1 aliphatic heterocycles. The van der Waals surface area contributed by atoms with Crippen molar-refractivity contribution in [3.8, 4) is 11.3 Å².